The van der Waals surface area contributed by atoms with Crippen molar-refractivity contribution in [2.45, 2.75) is 39.5 Å². The van der Waals surface area contributed by atoms with E-state index in [1.807, 2.05) is 13.8 Å². The number of hydrogen-bond donors (Lipinski definition) is 0. The number of thiazole rings is 1. The van der Waals surface area contributed by atoms with Gasteiger partial charge in [0.25, 0.3) is 0 Å². The molecule has 3 heterocycles. The van der Waals surface area contributed by atoms with Crippen LogP contribution in [0.1, 0.15) is 52.4 Å². The van der Waals surface area contributed by atoms with Crippen LogP contribution in [0.4, 0.5) is 5.95 Å². The van der Waals surface area contributed by atoms with E-state index in [1.54, 1.807) is 24.5 Å². The minimum absolute atomic E-state index is 0.348. The van der Waals surface area contributed by atoms with Crippen molar-refractivity contribution in [3.05, 3.63) is 33.5 Å². The van der Waals surface area contributed by atoms with Gasteiger partial charge in [0.05, 0.1) is 22.9 Å². The standard InChI is InChI=1S/C17H22N4O2S/c1-4-23-16(22)14-8-18-17(20-12(14)3)21-7-5-6-13(9-21)15-19-11(2)10-24-15/h8,10,13H,4-7,9H2,1-3H3/t13-/m1/s1. The van der Waals surface area contributed by atoms with Crippen LogP contribution in [-0.2, 0) is 4.74 Å². The van der Waals surface area contributed by atoms with Crippen molar-refractivity contribution < 1.29 is 9.53 Å². The predicted molar refractivity (Wildman–Crippen MR) is 93.8 cm³/mol. The molecule has 128 valence electrons. The summed E-state index contributed by atoms with van der Waals surface area (Å²) in [6.07, 6.45) is 3.81. The Hall–Kier alpha value is -2.02. The van der Waals surface area contributed by atoms with Crippen LogP contribution in [0.3, 0.4) is 0 Å². The summed E-state index contributed by atoms with van der Waals surface area (Å²) in [5.74, 6) is 0.737. The van der Waals surface area contributed by atoms with Gasteiger partial charge in [0, 0.05) is 36.3 Å². The van der Waals surface area contributed by atoms with E-state index in [-0.39, 0.29) is 5.97 Å². The highest BCUT2D eigenvalue weighted by Crippen LogP contribution is 2.30. The Bertz CT molecular complexity index is 731. The largest absolute Gasteiger partial charge is 0.462 e. The Kier molecular flexibility index (Phi) is 5.08. The molecule has 1 atom stereocenters. The summed E-state index contributed by atoms with van der Waals surface area (Å²) in [6.45, 7) is 7.78. The summed E-state index contributed by atoms with van der Waals surface area (Å²) < 4.78 is 5.03. The Morgan fingerprint density at radius 2 is 2.25 bits per heavy atom. The van der Waals surface area contributed by atoms with Crippen molar-refractivity contribution in [2.24, 2.45) is 0 Å². The lowest BCUT2D eigenvalue weighted by Gasteiger charge is -2.32. The molecular weight excluding hydrogens is 324 g/mol. The molecule has 0 aromatic carbocycles. The average Bonchev–Trinajstić information content (AvgIpc) is 3.01. The number of esters is 1. The van der Waals surface area contributed by atoms with Gasteiger partial charge in [-0.25, -0.2) is 19.7 Å². The van der Waals surface area contributed by atoms with Gasteiger partial charge in [0.2, 0.25) is 5.95 Å². The van der Waals surface area contributed by atoms with E-state index in [1.165, 1.54) is 5.01 Å². The van der Waals surface area contributed by atoms with Gasteiger partial charge in [-0.2, -0.15) is 0 Å². The number of aryl methyl sites for hydroxylation is 2. The fourth-order valence-electron chi connectivity index (χ4n) is 2.94. The van der Waals surface area contributed by atoms with Gasteiger partial charge in [-0.05, 0) is 33.6 Å². The monoisotopic (exact) mass is 346 g/mol. The molecule has 1 aliphatic rings. The first-order valence-corrected chi connectivity index (χ1v) is 9.14. The summed E-state index contributed by atoms with van der Waals surface area (Å²) in [4.78, 5) is 27.6. The highest BCUT2D eigenvalue weighted by Gasteiger charge is 2.25. The third kappa shape index (κ3) is 3.56. The van der Waals surface area contributed by atoms with Crippen LogP contribution in [0.5, 0.6) is 0 Å². The van der Waals surface area contributed by atoms with Crippen molar-refractivity contribution in [2.75, 3.05) is 24.6 Å². The average molecular weight is 346 g/mol. The molecule has 0 amide bonds. The third-order valence-corrected chi connectivity index (χ3v) is 5.28. The molecule has 0 unspecified atom stereocenters. The zero-order valence-corrected chi connectivity index (χ0v) is 15.1. The molecule has 24 heavy (non-hydrogen) atoms. The molecule has 0 saturated carbocycles. The minimum atomic E-state index is -0.365. The number of carbonyl (C=O) groups is 1. The molecule has 0 aliphatic carbocycles. The predicted octanol–water partition coefficient (Wildman–Crippen LogP) is 3.11. The van der Waals surface area contributed by atoms with E-state index >= 15 is 0 Å². The zero-order valence-electron chi connectivity index (χ0n) is 14.3. The van der Waals surface area contributed by atoms with Gasteiger partial charge in [0.1, 0.15) is 0 Å². The van der Waals surface area contributed by atoms with Gasteiger partial charge >= 0.3 is 5.97 Å². The number of ether oxygens (including phenoxy) is 1. The summed E-state index contributed by atoms with van der Waals surface area (Å²) in [5, 5.41) is 3.29. The minimum Gasteiger partial charge on any atom is -0.462 e. The van der Waals surface area contributed by atoms with E-state index < -0.39 is 0 Å². The van der Waals surface area contributed by atoms with E-state index in [4.69, 9.17) is 4.74 Å². The maximum absolute atomic E-state index is 11.9. The second kappa shape index (κ2) is 7.25. The molecule has 1 aliphatic heterocycles. The van der Waals surface area contributed by atoms with Gasteiger partial charge in [-0.3, -0.25) is 0 Å². The number of rotatable bonds is 4. The molecular formula is C17H22N4O2S. The number of nitrogens with zero attached hydrogens (tertiary/aromatic N) is 4. The summed E-state index contributed by atoms with van der Waals surface area (Å²) in [5.41, 5.74) is 2.17. The first-order chi connectivity index (χ1) is 11.6. The fourth-order valence-corrected chi connectivity index (χ4v) is 3.86. The molecule has 2 aromatic heterocycles. The van der Waals surface area contributed by atoms with E-state index in [9.17, 15) is 4.79 Å². The first-order valence-electron chi connectivity index (χ1n) is 8.26. The summed E-state index contributed by atoms with van der Waals surface area (Å²) in [7, 11) is 0. The van der Waals surface area contributed by atoms with Gasteiger partial charge in [0.15, 0.2) is 0 Å². The van der Waals surface area contributed by atoms with Crippen LogP contribution < -0.4 is 4.90 Å². The second-order valence-corrected chi connectivity index (χ2v) is 6.89. The lowest BCUT2D eigenvalue weighted by molar-refractivity contribution is 0.0524. The van der Waals surface area contributed by atoms with Crippen LogP contribution in [-0.4, -0.2) is 40.6 Å². The SMILES string of the molecule is CCOC(=O)c1cnc(N2CCC[C@@H](c3nc(C)cs3)C2)nc1C. The molecule has 3 rings (SSSR count). The fraction of sp³-hybridized carbons (Fsp3) is 0.529. The van der Waals surface area contributed by atoms with E-state index in [2.05, 4.69) is 25.2 Å². The van der Waals surface area contributed by atoms with Crippen molar-refractivity contribution in [1.82, 2.24) is 15.0 Å². The third-order valence-electron chi connectivity index (χ3n) is 4.15. The molecule has 7 heteroatoms. The highest BCUT2D eigenvalue weighted by molar-refractivity contribution is 7.09. The maximum Gasteiger partial charge on any atom is 0.341 e. The van der Waals surface area contributed by atoms with Gasteiger partial charge in [-0.15, -0.1) is 11.3 Å². The molecule has 0 spiro atoms. The number of aromatic nitrogens is 3. The molecule has 1 saturated heterocycles. The number of anilines is 1. The Balaban J connectivity index is 1.76. The van der Waals surface area contributed by atoms with Crippen LogP contribution >= 0.6 is 11.3 Å². The van der Waals surface area contributed by atoms with Gasteiger partial charge in [-0.1, -0.05) is 0 Å². The molecule has 6 nitrogen and oxygen atoms in total. The lowest BCUT2D eigenvalue weighted by atomic mass is 9.99. The molecule has 2 aromatic rings. The molecule has 0 bridgehead atoms. The van der Waals surface area contributed by atoms with Crippen LogP contribution in [0, 0.1) is 13.8 Å². The summed E-state index contributed by atoms with van der Waals surface area (Å²) in [6, 6.07) is 0. The quantitative estimate of drug-likeness (QED) is 0.793. The van der Waals surface area contributed by atoms with E-state index in [0.29, 0.717) is 29.7 Å². The van der Waals surface area contributed by atoms with E-state index in [0.717, 1.165) is 31.6 Å². The molecule has 0 N–H and O–H groups in total. The Morgan fingerprint density at radius 3 is 2.92 bits per heavy atom. The number of piperidine rings is 1. The lowest BCUT2D eigenvalue weighted by Crippen LogP contribution is -2.35. The first kappa shape index (κ1) is 16.8. The summed E-state index contributed by atoms with van der Waals surface area (Å²) >= 11 is 1.73. The maximum atomic E-state index is 11.9. The van der Waals surface area contributed by atoms with Crippen molar-refractivity contribution in [3.8, 4) is 0 Å². The van der Waals surface area contributed by atoms with Crippen LogP contribution in [0.15, 0.2) is 11.6 Å². The molecule has 1 fully saturated rings. The van der Waals surface area contributed by atoms with Crippen molar-refractivity contribution in [3.63, 3.8) is 0 Å². The number of carbonyl (C=O) groups excluding carboxylic acids is 1. The second-order valence-electron chi connectivity index (χ2n) is 6.00. The molecule has 0 radical (unpaired) electrons. The van der Waals surface area contributed by atoms with Crippen molar-refractivity contribution in [1.29, 1.82) is 0 Å². The zero-order chi connectivity index (χ0) is 17.1. The number of hydrogen-bond acceptors (Lipinski definition) is 7. The van der Waals surface area contributed by atoms with Crippen LogP contribution in [0.2, 0.25) is 0 Å². The Morgan fingerprint density at radius 1 is 1.42 bits per heavy atom. The van der Waals surface area contributed by atoms with Crippen LogP contribution in [0.25, 0.3) is 0 Å². The normalized spacial score (nSPS) is 17.8. The van der Waals surface area contributed by atoms with Crippen molar-refractivity contribution >= 4 is 23.3 Å². The topological polar surface area (TPSA) is 68.2 Å². The Labute approximate surface area is 145 Å². The smallest absolute Gasteiger partial charge is 0.341 e. The van der Waals surface area contributed by atoms with Gasteiger partial charge < -0.3 is 9.64 Å². The highest BCUT2D eigenvalue weighted by atomic mass is 32.1.